The molecule has 0 aliphatic rings. The van der Waals surface area contributed by atoms with Crippen molar-refractivity contribution in [2.75, 3.05) is 0 Å². The molecule has 0 unspecified atom stereocenters. The van der Waals surface area contributed by atoms with Gasteiger partial charge in [-0.1, -0.05) is 15.9 Å². The third kappa shape index (κ3) is 3.08. The van der Waals surface area contributed by atoms with Crippen molar-refractivity contribution >= 4 is 37.7 Å². The topological polar surface area (TPSA) is 72.0 Å². The Balaban J connectivity index is 2.28. The number of nitrogens with one attached hydrogen (secondary N) is 1. The smallest absolute Gasteiger partial charge is 0.219 e. The second kappa shape index (κ2) is 5.49. The fourth-order valence-electron chi connectivity index (χ4n) is 1.30. The lowest BCUT2D eigenvalue weighted by atomic mass is 10.2. The Morgan fingerprint density at radius 1 is 1.22 bits per heavy atom. The maximum Gasteiger partial charge on any atom is 0.219 e. The number of pyridine rings is 1. The van der Waals surface area contributed by atoms with Crippen LogP contribution >= 0.6 is 31.9 Å². The van der Waals surface area contributed by atoms with Crippen molar-refractivity contribution in [2.45, 2.75) is 0 Å². The zero-order valence-corrected chi connectivity index (χ0v) is 12.3. The first-order chi connectivity index (χ1) is 8.56. The van der Waals surface area contributed by atoms with E-state index >= 15 is 0 Å². The molecule has 0 radical (unpaired) electrons. The van der Waals surface area contributed by atoms with Crippen molar-refractivity contribution in [1.82, 2.24) is 4.98 Å². The standard InChI is InChI=1S/C12H9Br2N3O/c13-8-1-2-10(9(14)6-8)18-11-5-7(12(15)16)3-4-17-11/h1-6H,(H3,15,16). The number of rotatable bonds is 3. The van der Waals surface area contributed by atoms with Gasteiger partial charge < -0.3 is 10.5 Å². The summed E-state index contributed by atoms with van der Waals surface area (Å²) in [5, 5.41) is 7.36. The zero-order chi connectivity index (χ0) is 13.1. The van der Waals surface area contributed by atoms with Crippen LogP contribution in [-0.2, 0) is 0 Å². The quantitative estimate of drug-likeness (QED) is 0.639. The molecule has 18 heavy (non-hydrogen) atoms. The number of benzene rings is 1. The molecule has 0 fully saturated rings. The van der Waals surface area contributed by atoms with Crippen LogP contribution in [0.4, 0.5) is 0 Å². The average Bonchev–Trinajstić information content (AvgIpc) is 2.33. The van der Waals surface area contributed by atoms with Gasteiger partial charge in [0.25, 0.3) is 0 Å². The normalized spacial score (nSPS) is 10.1. The Hall–Kier alpha value is -1.40. The van der Waals surface area contributed by atoms with Gasteiger partial charge in [-0.2, -0.15) is 0 Å². The summed E-state index contributed by atoms with van der Waals surface area (Å²) in [6.45, 7) is 0. The minimum Gasteiger partial charge on any atom is -0.438 e. The highest BCUT2D eigenvalue weighted by Gasteiger charge is 2.06. The first-order valence-corrected chi connectivity index (χ1v) is 6.58. The number of nitrogens with zero attached hydrogens (tertiary/aromatic N) is 1. The van der Waals surface area contributed by atoms with Crippen molar-refractivity contribution < 1.29 is 4.74 Å². The third-order valence-electron chi connectivity index (χ3n) is 2.15. The summed E-state index contributed by atoms with van der Waals surface area (Å²) in [5.41, 5.74) is 5.99. The van der Waals surface area contributed by atoms with Crippen molar-refractivity contribution in [3.05, 3.63) is 51.0 Å². The number of aromatic nitrogens is 1. The van der Waals surface area contributed by atoms with Crippen LogP contribution in [0, 0.1) is 5.41 Å². The number of halogens is 2. The number of hydrogen-bond donors (Lipinski definition) is 2. The van der Waals surface area contributed by atoms with Gasteiger partial charge in [0, 0.05) is 22.3 Å². The molecule has 92 valence electrons. The summed E-state index contributed by atoms with van der Waals surface area (Å²) in [6.07, 6.45) is 1.55. The number of amidine groups is 1. The first-order valence-electron chi connectivity index (χ1n) is 4.99. The van der Waals surface area contributed by atoms with E-state index in [-0.39, 0.29) is 5.84 Å². The van der Waals surface area contributed by atoms with Crippen LogP contribution in [0.25, 0.3) is 0 Å². The summed E-state index contributed by atoms with van der Waals surface area (Å²) in [5.74, 6) is 1.02. The Morgan fingerprint density at radius 2 is 2.00 bits per heavy atom. The van der Waals surface area contributed by atoms with Gasteiger partial charge in [0.05, 0.1) is 4.47 Å². The van der Waals surface area contributed by atoms with Crippen LogP contribution in [0.5, 0.6) is 11.6 Å². The lowest BCUT2D eigenvalue weighted by Crippen LogP contribution is -2.11. The largest absolute Gasteiger partial charge is 0.438 e. The Kier molecular flexibility index (Phi) is 3.98. The van der Waals surface area contributed by atoms with E-state index in [1.807, 2.05) is 18.2 Å². The number of nitrogens with two attached hydrogens (primary N) is 1. The number of ether oxygens (including phenoxy) is 1. The molecule has 2 aromatic rings. The maximum absolute atomic E-state index is 7.36. The molecule has 3 N–H and O–H groups in total. The Labute approximate surface area is 121 Å². The van der Waals surface area contributed by atoms with Gasteiger partial charge in [0.1, 0.15) is 11.6 Å². The number of nitrogen functional groups attached to an aromatic ring is 1. The van der Waals surface area contributed by atoms with Gasteiger partial charge in [-0.3, -0.25) is 5.41 Å². The molecule has 4 nitrogen and oxygen atoms in total. The third-order valence-corrected chi connectivity index (χ3v) is 3.27. The van der Waals surface area contributed by atoms with Crippen LogP contribution in [0.15, 0.2) is 45.5 Å². The molecular formula is C12H9Br2N3O. The lowest BCUT2D eigenvalue weighted by molar-refractivity contribution is 0.460. The zero-order valence-electron chi connectivity index (χ0n) is 9.15. The fourth-order valence-corrected chi connectivity index (χ4v) is 2.43. The van der Waals surface area contributed by atoms with Gasteiger partial charge in [-0.25, -0.2) is 4.98 Å². The van der Waals surface area contributed by atoms with E-state index in [0.29, 0.717) is 17.2 Å². The fraction of sp³-hybridized carbons (Fsp3) is 0. The molecule has 0 atom stereocenters. The van der Waals surface area contributed by atoms with Crippen molar-refractivity contribution in [1.29, 1.82) is 5.41 Å². The summed E-state index contributed by atoms with van der Waals surface area (Å²) in [7, 11) is 0. The van der Waals surface area contributed by atoms with Gasteiger partial charge >= 0.3 is 0 Å². The molecule has 6 heteroatoms. The lowest BCUT2D eigenvalue weighted by Gasteiger charge is -2.08. The van der Waals surface area contributed by atoms with Crippen LogP contribution in [0.1, 0.15) is 5.56 Å². The predicted molar refractivity (Wildman–Crippen MR) is 77.2 cm³/mol. The van der Waals surface area contributed by atoms with Gasteiger partial charge in [0.15, 0.2) is 0 Å². The molecule has 0 aliphatic carbocycles. The van der Waals surface area contributed by atoms with E-state index in [1.54, 1.807) is 18.3 Å². The average molecular weight is 371 g/mol. The van der Waals surface area contributed by atoms with E-state index in [0.717, 1.165) is 8.95 Å². The monoisotopic (exact) mass is 369 g/mol. The highest BCUT2D eigenvalue weighted by atomic mass is 79.9. The molecule has 0 spiro atoms. The van der Waals surface area contributed by atoms with Crippen LogP contribution < -0.4 is 10.5 Å². The summed E-state index contributed by atoms with van der Waals surface area (Å²) >= 11 is 6.77. The molecule has 0 saturated heterocycles. The molecule has 1 aromatic carbocycles. The second-order valence-corrected chi connectivity index (χ2v) is 5.24. The van der Waals surface area contributed by atoms with Crippen molar-refractivity contribution in [3.8, 4) is 11.6 Å². The predicted octanol–water partition coefficient (Wildman–Crippen LogP) is 3.68. The molecule has 1 aromatic heterocycles. The van der Waals surface area contributed by atoms with E-state index in [1.165, 1.54) is 0 Å². The van der Waals surface area contributed by atoms with Gasteiger partial charge in [-0.15, -0.1) is 0 Å². The molecule has 2 rings (SSSR count). The van der Waals surface area contributed by atoms with Gasteiger partial charge in [-0.05, 0) is 40.2 Å². The number of hydrogen-bond acceptors (Lipinski definition) is 3. The van der Waals surface area contributed by atoms with E-state index < -0.39 is 0 Å². The minimum atomic E-state index is -0.0166. The Morgan fingerprint density at radius 3 is 2.67 bits per heavy atom. The molecule has 0 saturated carbocycles. The summed E-state index contributed by atoms with van der Waals surface area (Å²) in [4.78, 5) is 4.07. The highest BCUT2D eigenvalue weighted by molar-refractivity contribution is 9.11. The highest BCUT2D eigenvalue weighted by Crippen LogP contribution is 2.31. The van der Waals surface area contributed by atoms with Gasteiger partial charge in [0.2, 0.25) is 5.88 Å². The van der Waals surface area contributed by atoms with E-state index in [2.05, 4.69) is 36.8 Å². The van der Waals surface area contributed by atoms with Crippen LogP contribution in [0.3, 0.4) is 0 Å². The van der Waals surface area contributed by atoms with Crippen LogP contribution in [0.2, 0.25) is 0 Å². The summed E-state index contributed by atoms with van der Waals surface area (Å²) < 4.78 is 7.39. The van der Waals surface area contributed by atoms with E-state index in [4.69, 9.17) is 15.9 Å². The molecule has 0 aliphatic heterocycles. The van der Waals surface area contributed by atoms with Crippen molar-refractivity contribution in [3.63, 3.8) is 0 Å². The summed E-state index contributed by atoms with van der Waals surface area (Å²) in [6, 6.07) is 8.85. The molecule has 0 bridgehead atoms. The minimum absolute atomic E-state index is 0.0166. The maximum atomic E-state index is 7.36. The van der Waals surface area contributed by atoms with E-state index in [9.17, 15) is 0 Å². The molecule has 1 heterocycles. The first kappa shape index (κ1) is 13.0. The Bertz CT molecular complexity index is 602. The second-order valence-electron chi connectivity index (χ2n) is 3.47. The molecular weight excluding hydrogens is 362 g/mol. The molecule has 0 amide bonds. The SMILES string of the molecule is N=C(N)c1ccnc(Oc2ccc(Br)cc2Br)c1. The van der Waals surface area contributed by atoms with Crippen LogP contribution in [-0.4, -0.2) is 10.8 Å². The van der Waals surface area contributed by atoms with Crippen molar-refractivity contribution in [2.24, 2.45) is 5.73 Å².